The minimum absolute atomic E-state index is 0.263. The zero-order valence-corrected chi connectivity index (χ0v) is 15.7. The van der Waals surface area contributed by atoms with E-state index in [1.807, 2.05) is 48.5 Å². The molecule has 0 spiro atoms. The predicted octanol–water partition coefficient (Wildman–Crippen LogP) is 2.50. The Labute approximate surface area is 164 Å². The van der Waals surface area contributed by atoms with Crippen LogP contribution in [0.15, 0.2) is 60.7 Å². The standard InChI is InChI=1S/C11H14N2O3.C10H12O2/c12-13-6-10(16-11(13)14)8-15-7-9-4-2-1-3-5-9;1-2-4-9(5-3-1)6-11-7-10-8-12-10/h1-5,10H,6-8,12H2;1-5,10H,6-8H2/t2*10-/m01/s1. The van der Waals surface area contributed by atoms with Crippen LogP contribution in [0.2, 0.25) is 0 Å². The average molecular weight is 386 g/mol. The maximum Gasteiger partial charge on any atom is 0.424 e. The Morgan fingerprint density at radius 3 is 1.82 bits per heavy atom. The Bertz CT molecular complexity index is 709. The van der Waals surface area contributed by atoms with Gasteiger partial charge in [0.2, 0.25) is 0 Å². The second kappa shape index (κ2) is 10.8. The molecule has 2 fully saturated rings. The van der Waals surface area contributed by atoms with Crippen molar-refractivity contribution in [3.8, 4) is 0 Å². The minimum Gasteiger partial charge on any atom is -0.441 e. The molecule has 28 heavy (non-hydrogen) atoms. The fraction of sp³-hybridized carbons (Fsp3) is 0.381. The summed E-state index contributed by atoms with van der Waals surface area (Å²) in [7, 11) is 0. The van der Waals surface area contributed by atoms with Crippen molar-refractivity contribution in [2.75, 3.05) is 26.4 Å². The van der Waals surface area contributed by atoms with E-state index in [1.54, 1.807) is 0 Å². The highest BCUT2D eigenvalue weighted by atomic mass is 16.6. The van der Waals surface area contributed by atoms with Gasteiger partial charge in [0.05, 0.1) is 39.6 Å². The van der Waals surface area contributed by atoms with Crippen LogP contribution in [0.4, 0.5) is 4.79 Å². The Morgan fingerprint density at radius 1 is 0.893 bits per heavy atom. The summed E-state index contributed by atoms with van der Waals surface area (Å²) in [5.74, 6) is 5.35. The van der Waals surface area contributed by atoms with E-state index in [0.29, 0.717) is 32.5 Å². The molecule has 0 aliphatic carbocycles. The summed E-state index contributed by atoms with van der Waals surface area (Å²) in [5, 5.41) is 1.05. The first-order valence-electron chi connectivity index (χ1n) is 9.28. The lowest BCUT2D eigenvalue weighted by Gasteiger charge is -2.08. The van der Waals surface area contributed by atoms with Crippen molar-refractivity contribution >= 4 is 6.09 Å². The number of ether oxygens (including phenoxy) is 4. The molecule has 2 aliphatic heterocycles. The predicted molar refractivity (Wildman–Crippen MR) is 103 cm³/mol. The van der Waals surface area contributed by atoms with Gasteiger partial charge in [0, 0.05) is 0 Å². The van der Waals surface area contributed by atoms with Crippen LogP contribution in [0.5, 0.6) is 0 Å². The van der Waals surface area contributed by atoms with Gasteiger partial charge in [0.15, 0.2) is 0 Å². The number of benzene rings is 2. The number of hydrogen-bond acceptors (Lipinski definition) is 6. The minimum atomic E-state index is -0.492. The van der Waals surface area contributed by atoms with Crippen LogP contribution in [0.1, 0.15) is 11.1 Å². The third-order valence-corrected chi connectivity index (χ3v) is 4.14. The highest BCUT2D eigenvalue weighted by molar-refractivity contribution is 5.68. The topological polar surface area (TPSA) is 86.5 Å². The number of nitrogens with two attached hydrogens (primary N) is 1. The first kappa shape index (κ1) is 20.3. The quantitative estimate of drug-likeness (QED) is 0.426. The van der Waals surface area contributed by atoms with Crippen LogP contribution in [0, 0.1) is 0 Å². The van der Waals surface area contributed by atoms with Crippen LogP contribution < -0.4 is 5.84 Å². The highest BCUT2D eigenvalue weighted by Crippen LogP contribution is 2.10. The number of carbonyl (C=O) groups is 1. The zero-order chi connectivity index (χ0) is 19.6. The van der Waals surface area contributed by atoms with E-state index in [-0.39, 0.29) is 6.10 Å². The summed E-state index contributed by atoms with van der Waals surface area (Å²) in [5.41, 5.74) is 2.31. The molecule has 4 rings (SSSR count). The normalized spacial score (nSPS) is 20.3. The van der Waals surface area contributed by atoms with Crippen LogP contribution >= 0.6 is 0 Å². The largest absolute Gasteiger partial charge is 0.441 e. The lowest BCUT2D eigenvalue weighted by atomic mass is 10.2. The molecule has 2 heterocycles. The van der Waals surface area contributed by atoms with Crippen LogP contribution in [0.25, 0.3) is 0 Å². The fourth-order valence-corrected chi connectivity index (χ4v) is 2.56. The average Bonchev–Trinajstić information content (AvgIpc) is 3.48. The Balaban J connectivity index is 0.000000167. The lowest BCUT2D eigenvalue weighted by Crippen LogP contribution is -2.32. The molecule has 0 unspecified atom stereocenters. The molecule has 7 heteroatoms. The Hall–Kier alpha value is -2.45. The second-order valence-corrected chi connectivity index (χ2v) is 6.61. The number of hydrazine groups is 1. The van der Waals surface area contributed by atoms with Gasteiger partial charge in [-0.25, -0.2) is 15.6 Å². The molecular formula is C21H26N2O5. The summed E-state index contributed by atoms with van der Waals surface area (Å²) in [6, 6.07) is 20.0. The van der Waals surface area contributed by atoms with Crippen molar-refractivity contribution in [3.63, 3.8) is 0 Å². The maximum absolute atomic E-state index is 10.9. The van der Waals surface area contributed by atoms with Gasteiger partial charge < -0.3 is 18.9 Å². The van der Waals surface area contributed by atoms with Crippen LogP contribution in [-0.2, 0) is 32.2 Å². The lowest BCUT2D eigenvalue weighted by molar-refractivity contribution is 0.0381. The third kappa shape index (κ3) is 7.28. The summed E-state index contributed by atoms with van der Waals surface area (Å²) < 4.78 is 20.8. The summed E-state index contributed by atoms with van der Waals surface area (Å²) >= 11 is 0. The summed E-state index contributed by atoms with van der Waals surface area (Å²) in [6.45, 7) is 3.56. The van der Waals surface area contributed by atoms with Crippen LogP contribution in [0.3, 0.4) is 0 Å². The molecule has 1 amide bonds. The smallest absolute Gasteiger partial charge is 0.424 e. The Kier molecular flexibility index (Phi) is 7.81. The molecule has 0 saturated carbocycles. The number of hydrogen-bond donors (Lipinski definition) is 1. The second-order valence-electron chi connectivity index (χ2n) is 6.61. The number of cyclic esters (lactones) is 1. The molecular weight excluding hydrogens is 360 g/mol. The Morgan fingerprint density at radius 2 is 1.39 bits per heavy atom. The molecule has 2 aromatic rings. The van der Waals surface area contributed by atoms with E-state index in [0.717, 1.165) is 23.8 Å². The van der Waals surface area contributed by atoms with Gasteiger partial charge in [-0.3, -0.25) is 0 Å². The van der Waals surface area contributed by atoms with Crippen molar-refractivity contribution in [3.05, 3.63) is 71.8 Å². The molecule has 0 bridgehead atoms. The van der Waals surface area contributed by atoms with Crippen molar-refractivity contribution in [1.82, 2.24) is 5.01 Å². The monoisotopic (exact) mass is 386 g/mol. The maximum atomic E-state index is 10.9. The third-order valence-electron chi connectivity index (χ3n) is 4.14. The van der Waals surface area contributed by atoms with E-state index in [4.69, 9.17) is 24.8 Å². The van der Waals surface area contributed by atoms with Gasteiger partial charge >= 0.3 is 6.09 Å². The van der Waals surface area contributed by atoms with E-state index < -0.39 is 6.09 Å². The zero-order valence-electron chi connectivity index (χ0n) is 15.7. The van der Waals surface area contributed by atoms with Gasteiger partial charge in [-0.1, -0.05) is 60.7 Å². The van der Waals surface area contributed by atoms with Crippen molar-refractivity contribution in [2.24, 2.45) is 5.84 Å². The first-order chi connectivity index (χ1) is 13.7. The molecule has 2 saturated heterocycles. The molecule has 2 atom stereocenters. The summed E-state index contributed by atoms with van der Waals surface area (Å²) in [4.78, 5) is 10.9. The van der Waals surface area contributed by atoms with Crippen molar-refractivity contribution < 1.29 is 23.7 Å². The molecule has 2 N–H and O–H groups in total. The SMILES string of the molecule is NN1C[C@@H](COCc2ccccc2)OC1=O.c1ccc(COC[C@@H]2CO2)cc1. The van der Waals surface area contributed by atoms with E-state index in [2.05, 4.69) is 12.1 Å². The molecule has 0 radical (unpaired) electrons. The molecule has 150 valence electrons. The number of rotatable bonds is 8. The number of nitrogens with zero attached hydrogens (tertiary/aromatic N) is 1. The van der Waals surface area contributed by atoms with E-state index in [1.165, 1.54) is 5.56 Å². The first-order valence-corrected chi connectivity index (χ1v) is 9.28. The van der Waals surface area contributed by atoms with E-state index in [9.17, 15) is 4.79 Å². The number of epoxide rings is 1. The fourth-order valence-electron chi connectivity index (χ4n) is 2.56. The van der Waals surface area contributed by atoms with Gasteiger partial charge in [-0.05, 0) is 11.1 Å². The summed E-state index contributed by atoms with van der Waals surface area (Å²) in [6.07, 6.45) is -0.386. The van der Waals surface area contributed by atoms with Crippen molar-refractivity contribution in [2.45, 2.75) is 25.4 Å². The molecule has 7 nitrogen and oxygen atoms in total. The van der Waals surface area contributed by atoms with Crippen molar-refractivity contribution in [1.29, 1.82) is 0 Å². The van der Waals surface area contributed by atoms with Gasteiger partial charge in [0.25, 0.3) is 0 Å². The molecule has 2 aliphatic rings. The van der Waals surface area contributed by atoms with Gasteiger partial charge in [0.1, 0.15) is 12.2 Å². The number of carbonyl (C=O) groups excluding carboxylic acids is 1. The number of amides is 1. The van der Waals surface area contributed by atoms with E-state index >= 15 is 0 Å². The highest BCUT2D eigenvalue weighted by Gasteiger charge is 2.28. The van der Waals surface area contributed by atoms with Crippen LogP contribution in [-0.4, -0.2) is 49.7 Å². The van der Waals surface area contributed by atoms with Gasteiger partial charge in [-0.15, -0.1) is 0 Å². The van der Waals surface area contributed by atoms with Gasteiger partial charge in [-0.2, -0.15) is 0 Å². The molecule has 2 aromatic carbocycles. The molecule has 0 aromatic heterocycles.